The van der Waals surface area contributed by atoms with Crippen LogP contribution in [0.2, 0.25) is 0 Å². The third kappa shape index (κ3) is 15200000. The zero-order chi connectivity index (χ0) is 7.15. The molecule has 7 nitrogen and oxygen atoms in total. The smallest absolute Gasteiger partial charge is 0.450 e. The second-order valence-electron chi connectivity index (χ2n) is 0.565. The molecule has 0 aliphatic heterocycles. The van der Waals surface area contributed by atoms with Gasteiger partial charge in [-0.2, -0.15) is 0 Å². The fourth-order valence-corrected chi connectivity index (χ4v) is 0. The summed E-state index contributed by atoms with van der Waals surface area (Å²) in [6, 6.07) is 0. The molecule has 0 aromatic carbocycles. The second-order valence-corrected chi connectivity index (χ2v) is 0.565. The molecular formula is C2H7NO6ZnZr. The second kappa shape index (κ2) is 22.5. The molecule has 0 unspecified atom stereocenters. The SMILES string of the molecule is N.O=C(O)O.O=C(O)O.[Zn].[Zr]. The number of hydrogen-bond donors (Lipinski definition) is 5. The third-order valence-electron chi connectivity index (χ3n) is 0. The van der Waals surface area contributed by atoms with E-state index in [2.05, 4.69) is 0 Å². The van der Waals surface area contributed by atoms with E-state index in [4.69, 9.17) is 30.0 Å². The minimum atomic E-state index is -1.83. The van der Waals surface area contributed by atoms with Crippen molar-refractivity contribution in [1.29, 1.82) is 0 Å². The summed E-state index contributed by atoms with van der Waals surface area (Å²) in [5.74, 6) is 0. The van der Waals surface area contributed by atoms with Crippen molar-refractivity contribution in [3.63, 3.8) is 0 Å². The minimum absolute atomic E-state index is 0. The van der Waals surface area contributed by atoms with Crippen LogP contribution < -0.4 is 6.15 Å². The maximum Gasteiger partial charge on any atom is 0.503 e. The Kier molecular flexibility index (Phi) is 62.5. The Hall–Kier alpha value is 0.00649. The zero-order valence-electron chi connectivity index (χ0n) is 5.52. The first-order chi connectivity index (χ1) is 3.46. The summed E-state index contributed by atoms with van der Waals surface area (Å²) in [4.78, 5) is 17.1. The number of hydrogen-bond acceptors (Lipinski definition) is 3. The summed E-state index contributed by atoms with van der Waals surface area (Å²) in [6.45, 7) is 0. The predicted molar refractivity (Wildman–Crippen MR) is 26.3 cm³/mol. The van der Waals surface area contributed by atoms with Crippen LogP contribution in [0.1, 0.15) is 0 Å². The molecule has 0 aromatic rings. The summed E-state index contributed by atoms with van der Waals surface area (Å²) in [7, 11) is 0. The fraction of sp³-hybridized carbons (Fsp3) is 0. The maximum atomic E-state index is 8.56. The Labute approximate surface area is 93.9 Å². The van der Waals surface area contributed by atoms with Crippen LogP contribution in [0.25, 0.3) is 0 Å². The van der Waals surface area contributed by atoms with Crippen LogP contribution in [0.15, 0.2) is 0 Å². The van der Waals surface area contributed by atoms with E-state index in [0.717, 1.165) is 0 Å². The van der Waals surface area contributed by atoms with E-state index in [-0.39, 0.29) is 51.8 Å². The Balaban J connectivity index is -0.0000000171. The van der Waals surface area contributed by atoms with Crippen molar-refractivity contribution in [3.8, 4) is 0 Å². The molecule has 62 valence electrons. The van der Waals surface area contributed by atoms with E-state index < -0.39 is 12.3 Å². The summed E-state index contributed by atoms with van der Waals surface area (Å²) in [6.07, 6.45) is -3.67. The minimum Gasteiger partial charge on any atom is -0.450 e. The molecule has 9 heteroatoms. The predicted octanol–water partition coefficient (Wildman–Crippen LogP) is 0.602. The molecule has 0 atom stereocenters. The van der Waals surface area contributed by atoms with E-state index in [0.29, 0.717) is 0 Å². The van der Waals surface area contributed by atoms with Gasteiger partial charge in [-0.3, -0.25) is 0 Å². The van der Waals surface area contributed by atoms with Gasteiger partial charge in [0, 0.05) is 45.7 Å². The average molecular weight is 298 g/mol. The molecule has 7 N–H and O–H groups in total. The molecule has 0 aromatic heterocycles. The molecular weight excluding hydrogens is 291 g/mol. The van der Waals surface area contributed by atoms with Gasteiger partial charge in [-0.1, -0.05) is 0 Å². The molecule has 0 bridgehead atoms. The Morgan fingerprint density at radius 1 is 0.818 bits per heavy atom. The third-order valence-corrected chi connectivity index (χ3v) is 0. The van der Waals surface area contributed by atoms with E-state index in [9.17, 15) is 0 Å². The monoisotopic (exact) mass is 295 g/mol. The van der Waals surface area contributed by atoms with Gasteiger partial charge in [-0.25, -0.2) is 9.59 Å². The van der Waals surface area contributed by atoms with Gasteiger partial charge in [0.1, 0.15) is 0 Å². The van der Waals surface area contributed by atoms with E-state index in [1.54, 1.807) is 0 Å². The van der Waals surface area contributed by atoms with Crippen LogP contribution in [0.4, 0.5) is 9.59 Å². The molecule has 0 aliphatic rings. The van der Waals surface area contributed by atoms with Gasteiger partial charge in [0.25, 0.3) is 0 Å². The van der Waals surface area contributed by atoms with Crippen LogP contribution in [-0.4, -0.2) is 32.7 Å². The summed E-state index contributed by atoms with van der Waals surface area (Å²) in [5, 5.41) is 27.9. The summed E-state index contributed by atoms with van der Waals surface area (Å²) >= 11 is 0. The van der Waals surface area contributed by atoms with Crippen molar-refractivity contribution in [3.05, 3.63) is 0 Å². The van der Waals surface area contributed by atoms with Crippen LogP contribution in [0.3, 0.4) is 0 Å². The first-order valence-corrected chi connectivity index (χ1v) is 1.30. The van der Waals surface area contributed by atoms with Crippen molar-refractivity contribution < 1.29 is 75.7 Å². The molecule has 0 heterocycles. The number of rotatable bonds is 0. The molecule has 0 fully saturated rings. The molecule has 11 heavy (non-hydrogen) atoms. The van der Waals surface area contributed by atoms with E-state index >= 15 is 0 Å². The van der Waals surface area contributed by atoms with Gasteiger partial charge in [0.2, 0.25) is 0 Å². The molecule has 0 aliphatic carbocycles. The standard InChI is InChI=1S/2CH2O3.H3N.Zn.Zr/c2*2-1(3)4;;;/h2*(H2,2,3,4);1H3;;. The fourth-order valence-electron chi connectivity index (χ4n) is 0. The summed E-state index contributed by atoms with van der Waals surface area (Å²) < 4.78 is 0. The summed E-state index contributed by atoms with van der Waals surface area (Å²) in [5.41, 5.74) is 0. The number of carboxylic acid groups (broad SMARTS) is 4. The van der Waals surface area contributed by atoms with Crippen LogP contribution in [0, 0.1) is 0 Å². The molecule has 0 saturated carbocycles. The van der Waals surface area contributed by atoms with Gasteiger partial charge in [0.15, 0.2) is 0 Å². The van der Waals surface area contributed by atoms with Crippen molar-refractivity contribution in [2.75, 3.05) is 0 Å². The van der Waals surface area contributed by atoms with E-state index in [1.807, 2.05) is 0 Å². The topological polar surface area (TPSA) is 150 Å². The van der Waals surface area contributed by atoms with Crippen molar-refractivity contribution in [2.45, 2.75) is 0 Å². The van der Waals surface area contributed by atoms with Crippen molar-refractivity contribution >= 4 is 12.3 Å². The molecule has 0 spiro atoms. The quantitative estimate of drug-likeness (QED) is 0.411. The normalized spacial score (nSPS) is 4.36. The molecule has 0 radical (unpaired) electrons. The van der Waals surface area contributed by atoms with Crippen LogP contribution >= 0.6 is 0 Å². The van der Waals surface area contributed by atoms with Crippen molar-refractivity contribution in [2.24, 2.45) is 0 Å². The first-order valence-electron chi connectivity index (χ1n) is 1.30. The molecule has 0 amide bonds. The van der Waals surface area contributed by atoms with Crippen molar-refractivity contribution in [1.82, 2.24) is 6.15 Å². The van der Waals surface area contributed by atoms with Gasteiger partial charge < -0.3 is 26.6 Å². The average Bonchev–Trinajstić information content (AvgIpc) is 1.25. The zero-order valence-corrected chi connectivity index (χ0v) is 10.9. The Bertz CT molecular complexity index is 78.6. The van der Waals surface area contributed by atoms with Crippen LogP contribution in [0.5, 0.6) is 0 Å². The number of carbonyl (C=O) groups is 2. The van der Waals surface area contributed by atoms with Gasteiger partial charge >= 0.3 is 12.3 Å². The van der Waals surface area contributed by atoms with Gasteiger partial charge in [-0.05, 0) is 0 Å². The Morgan fingerprint density at radius 2 is 0.818 bits per heavy atom. The molecule has 0 saturated heterocycles. The van der Waals surface area contributed by atoms with Crippen LogP contribution in [-0.2, 0) is 45.7 Å². The van der Waals surface area contributed by atoms with Gasteiger partial charge in [-0.15, -0.1) is 0 Å². The maximum absolute atomic E-state index is 8.56. The molecule has 0 rings (SSSR count). The largest absolute Gasteiger partial charge is 0.503 e. The van der Waals surface area contributed by atoms with Gasteiger partial charge in [0.05, 0.1) is 0 Å². The van der Waals surface area contributed by atoms with E-state index in [1.165, 1.54) is 0 Å². The first kappa shape index (κ1) is 30.5. The Morgan fingerprint density at radius 3 is 0.818 bits per heavy atom.